The Morgan fingerprint density at radius 3 is 2.54 bits per heavy atom. The minimum Gasteiger partial charge on any atom is -0.352 e. The van der Waals surface area contributed by atoms with Crippen LogP contribution in [0, 0.1) is 0 Å². The van der Waals surface area contributed by atoms with Gasteiger partial charge in [-0.1, -0.05) is 52.3 Å². The van der Waals surface area contributed by atoms with E-state index in [0.717, 1.165) is 10.0 Å². The SMILES string of the molecule is C/C(CC(=O)NCc1ccccc1)=N\NC(=O)c1cccc(Br)c1. The standard InChI is InChI=1S/C18H18BrN3O2/c1-13(10-17(23)20-12-14-6-3-2-4-7-14)21-22-18(24)15-8-5-9-16(19)11-15/h2-9,11H,10,12H2,1H3,(H,20,23)(H,22,24)/b21-13+. The summed E-state index contributed by atoms with van der Waals surface area (Å²) in [5, 5.41) is 6.78. The summed E-state index contributed by atoms with van der Waals surface area (Å²) < 4.78 is 0.816. The average Bonchev–Trinajstić information content (AvgIpc) is 2.59. The van der Waals surface area contributed by atoms with E-state index in [1.54, 1.807) is 25.1 Å². The van der Waals surface area contributed by atoms with Gasteiger partial charge >= 0.3 is 0 Å². The summed E-state index contributed by atoms with van der Waals surface area (Å²) in [4.78, 5) is 23.8. The lowest BCUT2D eigenvalue weighted by atomic mass is 10.2. The first kappa shape index (κ1) is 17.9. The van der Waals surface area contributed by atoms with Crippen LogP contribution in [0.5, 0.6) is 0 Å². The lowest BCUT2D eigenvalue weighted by Crippen LogP contribution is -2.26. The van der Waals surface area contributed by atoms with Gasteiger partial charge in [0.1, 0.15) is 0 Å². The molecular weight excluding hydrogens is 370 g/mol. The fourth-order valence-electron chi connectivity index (χ4n) is 1.97. The Hall–Kier alpha value is -2.47. The molecule has 0 radical (unpaired) electrons. The number of carbonyl (C=O) groups excluding carboxylic acids is 2. The Morgan fingerprint density at radius 2 is 1.83 bits per heavy atom. The summed E-state index contributed by atoms with van der Waals surface area (Å²) in [6.07, 6.45) is 0.131. The highest BCUT2D eigenvalue weighted by Gasteiger charge is 2.07. The Balaban J connectivity index is 1.80. The second kappa shape index (κ2) is 8.98. The van der Waals surface area contributed by atoms with Crippen molar-refractivity contribution in [1.29, 1.82) is 0 Å². The molecule has 6 heteroatoms. The number of rotatable bonds is 6. The number of carbonyl (C=O) groups is 2. The van der Waals surface area contributed by atoms with Crippen LogP contribution in [0.15, 0.2) is 64.2 Å². The number of hydrogen-bond acceptors (Lipinski definition) is 3. The maximum atomic E-state index is 12.0. The van der Waals surface area contributed by atoms with Crippen LogP contribution in [0.2, 0.25) is 0 Å². The van der Waals surface area contributed by atoms with Gasteiger partial charge < -0.3 is 5.32 Å². The van der Waals surface area contributed by atoms with Crippen LogP contribution < -0.4 is 10.7 Å². The van der Waals surface area contributed by atoms with Crippen LogP contribution in [0.3, 0.4) is 0 Å². The van der Waals surface area contributed by atoms with E-state index in [4.69, 9.17) is 0 Å². The van der Waals surface area contributed by atoms with Crippen LogP contribution in [0.4, 0.5) is 0 Å². The van der Waals surface area contributed by atoms with Gasteiger partial charge in [0.05, 0.1) is 6.42 Å². The summed E-state index contributed by atoms with van der Waals surface area (Å²) >= 11 is 3.31. The largest absolute Gasteiger partial charge is 0.352 e. The predicted molar refractivity (Wildman–Crippen MR) is 97.6 cm³/mol. The second-order valence-electron chi connectivity index (χ2n) is 5.24. The molecule has 2 N–H and O–H groups in total. The molecule has 5 nitrogen and oxygen atoms in total. The first-order chi connectivity index (χ1) is 11.5. The molecule has 2 rings (SSSR count). The average molecular weight is 388 g/mol. The molecule has 0 spiro atoms. The van der Waals surface area contributed by atoms with Gasteiger partial charge in [0.15, 0.2) is 0 Å². The monoisotopic (exact) mass is 387 g/mol. The van der Waals surface area contributed by atoms with E-state index in [1.807, 2.05) is 36.4 Å². The van der Waals surface area contributed by atoms with Crippen LogP contribution in [-0.2, 0) is 11.3 Å². The molecule has 2 amide bonds. The predicted octanol–water partition coefficient (Wildman–Crippen LogP) is 3.26. The summed E-state index contributed by atoms with van der Waals surface area (Å²) in [6, 6.07) is 16.7. The van der Waals surface area contributed by atoms with Gasteiger partial charge in [-0.15, -0.1) is 0 Å². The highest BCUT2D eigenvalue weighted by atomic mass is 79.9. The molecule has 2 aromatic carbocycles. The van der Waals surface area contributed by atoms with Crippen molar-refractivity contribution in [2.75, 3.05) is 0 Å². The van der Waals surface area contributed by atoms with Gasteiger partial charge in [0.25, 0.3) is 5.91 Å². The third kappa shape index (κ3) is 5.96. The molecule has 0 fully saturated rings. The van der Waals surface area contributed by atoms with E-state index < -0.39 is 0 Å². The number of hydrogen-bond donors (Lipinski definition) is 2. The molecule has 0 aromatic heterocycles. The summed E-state index contributed by atoms with van der Waals surface area (Å²) in [7, 11) is 0. The molecule has 0 saturated carbocycles. The summed E-state index contributed by atoms with van der Waals surface area (Å²) in [5.41, 5.74) is 4.51. The van der Waals surface area contributed by atoms with E-state index in [1.165, 1.54) is 0 Å². The van der Waals surface area contributed by atoms with Crippen LogP contribution in [-0.4, -0.2) is 17.5 Å². The van der Waals surface area contributed by atoms with Crippen LogP contribution in [0.25, 0.3) is 0 Å². The van der Waals surface area contributed by atoms with Crippen molar-refractivity contribution in [2.45, 2.75) is 19.9 Å². The fourth-order valence-corrected chi connectivity index (χ4v) is 2.37. The van der Waals surface area contributed by atoms with Crippen molar-refractivity contribution in [3.63, 3.8) is 0 Å². The minimum absolute atomic E-state index is 0.131. The molecule has 0 heterocycles. The van der Waals surface area contributed by atoms with Crippen LogP contribution in [0.1, 0.15) is 29.3 Å². The molecule has 0 unspecified atom stereocenters. The first-order valence-electron chi connectivity index (χ1n) is 7.44. The van der Waals surface area contributed by atoms with E-state index in [-0.39, 0.29) is 18.2 Å². The maximum Gasteiger partial charge on any atom is 0.271 e. The van der Waals surface area contributed by atoms with E-state index in [2.05, 4.69) is 31.8 Å². The topological polar surface area (TPSA) is 70.6 Å². The Morgan fingerprint density at radius 1 is 1.08 bits per heavy atom. The molecule has 0 saturated heterocycles. The Labute approximate surface area is 149 Å². The molecule has 0 aliphatic carbocycles. The van der Waals surface area contributed by atoms with Crippen molar-refractivity contribution < 1.29 is 9.59 Å². The minimum atomic E-state index is -0.319. The maximum absolute atomic E-state index is 12.0. The first-order valence-corrected chi connectivity index (χ1v) is 8.23. The number of nitrogens with one attached hydrogen (secondary N) is 2. The Bertz CT molecular complexity index is 745. The zero-order valence-electron chi connectivity index (χ0n) is 13.3. The Kier molecular flexibility index (Phi) is 6.69. The van der Waals surface area contributed by atoms with E-state index in [9.17, 15) is 9.59 Å². The third-order valence-electron chi connectivity index (χ3n) is 3.18. The van der Waals surface area contributed by atoms with Gasteiger partial charge in [0.2, 0.25) is 5.91 Å². The highest BCUT2D eigenvalue weighted by Crippen LogP contribution is 2.11. The summed E-state index contributed by atoms with van der Waals surface area (Å²) in [6.45, 7) is 2.17. The zero-order valence-corrected chi connectivity index (χ0v) is 14.8. The number of hydrazone groups is 1. The normalized spacial score (nSPS) is 11.0. The quantitative estimate of drug-likeness (QED) is 0.589. The molecule has 24 heavy (non-hydrogen) atoms. The van der Waals surface area contributed by atoms with Crippen LogP contribution >= 0.6 is 15.9 Å². The van der Waals surface area contributed by atoms with Crippen molar-refractivity contribution in [2.24, 2.45) is 5.10 Å². The third-order valence-corrected chi connectivity index (χ3v) is 3.68. The van der Waals surface area contributed by atoms with Crippen molar-refractivity contribution >= 4 is 33.5 Å². The number of halogens is 1. The lowest BCUT2D eigenvalue weighted by Gasteiger charge is -2.06. The van der Waals surface area contributed by atoms with Gasteiger partial charge in [-0.2, -0.15) is 5.10 Å². The highest BCUT2D eigenvalue weighted by molar-refractivity contribution is 9.10. The number of benzene rings is 2. The summed E-state index contributed by atoms with van der Waals surface area (Å²) in [5.74, 6) is -0.461. The van der Waals surface area contributed by atoms with Gasteiger partial charge in [-0.05, 0) is 30.7 Å². The van der Waals surface area contributed by atoms with Crippen molar-refractivity contribution in [3.8, 4) is 0 Å². The second-order valence-corrected chi connectivity index (χ2v) is 6.15. The molecule has 2 aromatic rings. The van der Waals surface area contributed by atoms with Gasteiger partial charge in [-0.25, -0.2) is 5.43 Å². The fraction of sp³-hybridized carbons (Fsp3) is 0.167. The van der Waals surface area contributed by atoms with E-state index in [0.29, 0.717) is 17.8 Å². The zero-order chi connectivity index (χ0) is 17.4. The van der Waals surface area contributed by atoms with E-state index >= 15 is 0 Å². The lowest BCUT2D eigenvalue weighted by molar-refractivity contribution is -0.120. The smallest absolute Gasteiger partial charge is 0.271 e. The van der Waals surface area contributed by atoms with Gasteiger partial charge in [-0.3, -0.25) is 9.59 Å². The molecule has 0 atom stereocenters. The molecule has 0 bridgehead atoms. The number of amides is 2. The van der Waals surface area contributed by atoms with Gasteiger partial charge in [0, 0.05) is 22.3 Å². The molecule has 0 aliphatic rings. The molecule has 124 valence electrons. The molecular formula is C18H18BrN3O2. The molecule has 0 aliphatic heterocycles. The number of nitrogens with zero attached hydrogens (tertiary/aromatic N) is 1. The van der Waals surface area contributed by atoms with Crippen molar-refractivity contribution in [1.82, 2.24) is 10.7 Å². The van der Waals surface area contributed by atoms with Crippen molar-refractivity contribution in [3.05, 3.63) is 70.2 Å².